The second-order valence-electron chi connectivity index (χ2n) is 3.05. The number of aryl methyl sites for hydroxylation is 1. The number of imide groups is 1. The van der Waals surface area contributed by atoms with Crippen molar-refractivity contribution in [3.63, 3.8) is 0 Å². The van der Waals surface area contributed by atoms with E-state index in [1.165, 1.54) is 6.20 Å². The summed E-state index contributed by atoms with van der Waals surface area (Å²) in [5.41, 5.74) is 5.98. The molecule has 0 aliphatic carbocycles. The molecule has 2 N–H and O–H groups in total. The van der Waals surface area contributed by atoms with Crippen molar-refractivity contribution < 1.29 is 9.59 Å². The molecule has 1 aliphatic heterocycles. The highest BCUT2D eigenvalue weighted by molar-refractivity contribution is 6.14. The van der Waals surface area contributed by atoms with Gasteiger partial charge in [0, 0.05) is 12.6 Å². The molecular weight excluding hydrogens is 182 g/mol. The van der Waals surface area contributed by atoms with E-state index in [1.54, 1.807) is 6.07 Å². The van der Waals surface area contributed by atoms with E-state index < -0.39 is 6.03 Å². The lowest BCUT2D eigenvalue weighted by Gasteiger charge is -2.24. The van der Waals surface area contributed by atoms with Gasteiger partial charge < -0.3 is 5.73 Å². The Bertz CT molecular complexity index is 403. The number of carbonyl (C=O) groups excluding carboxylic acids is 2. The number of rotatable bonds is 0. The van der Waals surface area contributed by atoms with Gasteiger partial charge >= 0.3 is 6.03 Å². The van der Waals surface area contributed by atoms with E-state index in [0.29, 0.717) is 18.7 Å². The SMILES string of the molecule is NC(=O)N1C(=O)CCc2cccnc21. The fourth-order valence-electron chi connectivity index (χ4n) is 1.53. The Kier molecular flexibility index (Phi) is 1.92. The molecule has 1 aromatic rings. The van der Waals surface area contributed by atoms with Crippen molar-refractivity contribution in [2.45, 2.75) is 12.8 Å². The predicted octanol–water partition coefficient (Wildman–Crippen LogP) is 0.440. The summed E-state index contributed by atoms with van der Waals surface area (Å²) in [6.07, 6.45) is 2.46. The largest absolute Gasteiger partial charge is 0.351 e. The molecule has 0 saturated carbocycles. The summed E-state index contributed by atoms with van der Waals surface area (Å²) in [7, 11) is 0. The fourth-order valence-corrected chi connectivity index (χ4v) is 1.53. The Morgan fingerprint density at radius 1 is 1.50 bits per heavy atom. The minimum absolute atomic E-state index is 0.288. The summed E-state index contributed by atoms with van der Waals surface area (Å²) in [4.78, 5) is 27.3. The van der Waals surface area contributed by atoms with E-state index in [9.17, 15) is 9.59 Å². The second kappa shape index (κ2) is 3.10. The van der Waals surface area contributed by atoms with E-state index >= 15 is 0 Å². The van der Waals surface area contributed by atoms with Crippen LogP contribution in [0.1, 0.15) is 12.0 Å². The molecule has 1 aliphatic rings. The van der Waals surface area contributed by atoms with Gasteiger partial charge in [0.1, 0.15) is 5.82 Å². The Morgan fingerprint density at radius 3 is 3.00 bits per heavy atom. The van der Waals surface area contributed by atoms with Crippen LogP contribution >= 0.6 is 0 Å². The third-order valence-corrected chi connectivity index (χ3v) is 2.16. The first-order valence-corrected chi connectivity index (χ1v) is 4.26. The molecule has 14 heavy (non-hydrogen) atoms. The lowest BCUT2D eigenvalue weighted by atomic mass is 10.1. The van der Waals surface area contributed by atoms with Crippen molar-refractivity contribution in [3.05, 3.63) is 23.9 Å². The molecule has 0 saturated heterocycles. The highest BCUT2D eigenvalue weighted by atomic mass is 16.2. The van der Waals surface area contributed by atoms with Crippen molar-refractivity contribution in [3.8, 4) is 0 Å². The Labute approximate surface area is 80.5 Å². The van der Waals surface area contributed by atoms with Gasteiger partial charge in [-0.25, -0.2) is 14.7 Å². The van der Waals surface area contributed by atoms with E-state index in [4.69, 9.17) is 5.73 Å². The van der Waals surface area contributed by atoms with Crippen molar-refractivity contribution in [1.29, 1.82) is 0 Å². The number of pyridine rings is 1. The number of aromatic nitrogens is 1. The van der Waals surface area contributed by atoms with E-state index in [2.05, 4.69) is 4.98 Å². The second-order valence-corrected chi connectivity index (χ2v) is 3.05. The molecule has 0 unspecified atom stereocenters. The maximum absolute atomic E-state index is 11.4. The van der Waals surface area contributed by atoms with E-state index in [-0.39, 0.29) is 5.91 Å². The molecule has 2 heterocycles. The monoisotopic (exact) mass is 191 g/mol. The Balaban J connectivity index is 2.51. The third-order valence-electron chi connectivity index (χ3n) is 2.16. The average molecular weight is 191 g/mol. The van der Waals surface area contributed by atoms with Crippen LogP contribution < -0.4 is 10.6 Å². The van der Waals surface area contributed by atoms with Crippen molar-refractivity contribution in [1.82, 2.24) is 4.98 Å². The number of primary amides is 1. The molecule has 72 valence electrons. The van der Waals surface area contributed by atoms with Gasteiger partial charge in [-0.05, 0) is 18.1 Å². The molecule has 5 heteroatoms. The standard InChI is InChI=1S/C9H9N3O2/c10-9(14)12-7(13)4-3-6-2-1-5-11-8(6)12/h1-2,5H,3-4H2,(H2,10,14). The summed E-state index contributed by atoms with van der Waals surface area (Å²) in [6, 6.07) is 2.84. The molecule has 0 aromatic carbocycles. The van der Waals surface area contributed by atoms with Crippen LogP contribution in [0.2, 0.25) is 0 Å². The molecule has 3 amide bonds. The van der Waals surface area contributed by atoms with Crippen LogP contribution in [-0.4, -0.2) is 16.9 Å². The number of nitrogens with two attached hydrogens (primary N) is 1. The van der Waals surface area contributed by atoms with Crippen LogP contribution in [-0.2, 0) is 11.2 Å². The summed E-state index contributed by atoms with van der Waals surface area (Å²) < 4.78 is 0. The topological polar surface area (TPSA) is 76.3 Å². The van der Waals surface area contributed by atoms with Crippen LogP contribution in [0.15, 0.2) is 18.3 Å². The third kappa shape index (κ3) is 1.22. The molecule has 0 bridgehead atoms. The normalized spacial score (nSPS) is 15.1. The minimum atomic E-state index is -0.769. The molecule has 0 spiro atoms. The summed E-state index contributed by atoms with van der Waals surface area (Å²) in [5.74, 6) is 0.0833. The maximum Gasteiger partial charge on any atom is 0.327 e. The van der Waals surface area contributed by atoms with Gasteiger partial charge in [-0.1, -0.05) is 6.07 Å². The van der Waals surface area contributed by atoms with Crippen LogP contribution in [0.3, 0.4) is 0 Å². The molecule has 0 radical (unpaired) electrons. The number of nitrogens with zero attached hydrogens (tertiary/aromatic N) is 2. The van der Waals surface area contributed by atoms with E-state index in [0.717, 1.165) is 10.5 Å². The number of amides is 3. The fraction of sp³-hybridized carbons (Fsp3) is 0.222. The molecule has 2 rings (SSSR count). The number of hydrogen-bond acceptors (Lipinski definition) is 3. The van der Waals surface area contributed by atoms with Gasteiger partial charge in [-0.3, -0.25) is 4.79 Å². The van der Waals surface area contributed by atoms with Gasteiger partial charge in [0.2, 0.25) is 5.91 Å². The quantitative estimate of drug-likeness (QED) is 0.646. The van der Waals surface area contributed by atoms with Crippen LogP contribution in [0.4, 0.5) is 10.6 Å². The highest BCUT2D eigenvalue weighted by Crippen LogP contribution is 2.24. The van der Waals surface area contributed by atoms with Crippen LogP contribution in [0.25, 0.3) is 0 Å². The summed E-state index contributed by atoms with van der Waals surface area (Å²) >= 11 is 0. The first kappa shape index (κ1) is 8.68. The number of urea groups is 1. The number of anilines is 1. The summed E-state index contributed by atoms with van der Waals surface area (Å²) in [6.45, 7) is 0. The van der Waals surface area contributed by atoms with Crippen molar-refractivity contribution in [2.24, 2.45) is 5.73 Å². The van der Waals surface area contributed by atoms with Crippen LogP contribution in [0, 0.1) is 0 Å². The minimum Gasteiger partial charge on any atom is -0.351 e. The zero-order valence-electron chi connectivity index (χ0n) is 7.43. The lowest BCUT2D eigenvalue weighted by Crippen LogP contribution is -2.44. The van der Waals surface area contributed by atoms with E-state index in [1.807, 2.05) is 6.07 Å². The molecular formula is C9H9N3O2. The zero-order valence-corrected chi connectivity index (χ0v) is 7.43. The van der Waals surface area contributed by atoms with Gasteiger partial charge in [0.05, 0.1) is 0 Å². The van der Waals surface area contributed by atoms with Crippen molar-refractivity contribution >= 4 is 17.8 Å². The predicted molar refractivity (Wildman–Crippen MR) is 49.6 cm³/mol. The Hall–Kier alpha value is -1.91. The molecule has 0 atom stereocenters. The number of hydrogen-bond donors (Lipinski definition) is 1. The van der Waals surface area contributed by atoms with Gasteiger partial charge in [-0.2, -0.15) is 0 Å². The van der Waals surface area contributed by atoms with Gasteiger partial charge in [0.25, 0.3) is 0 Å². The number of carbonyl (C=O) groups is 2. The zero-order chi connectivity index (χ0) is 10.1. The molecule has 5 nitrogen and oxygen atoms in total. The Morgan fingerprint density at radius 2 is 2.29 bits per heavy atom. The lowest BCUT2D eigenvalue weighted by molar-refractivity contribution is -0.118. The highest BCUT2D eigenvalue weighted by Gasteiger charge is 2.28. The first-order chi connectivity index (χ1) is 6.70. The van der Waals surface area contributed by atoms with Gasteiger partial charge in [-0.15, -0.1) is 0 Å². The molecule has 0 fully saturated rings. The van der Waals surface area contributed by atoms with Crippen LogP contribution in [0.5, 0.6) is 0 Å². The summed E-state index contributed by atoms with van der Waals surface area (Å²) in [5, 5.41) is 0. The number of fused-ring (bicyclic) bond motifs is 1. The first-order valence-electron chi connectivity index (χ1n) is 4.26. The maximum atomic E-state index is 11.4. The van der Waals surface area contributed by atoms with Crippen molar-refractivity contribution in [2.75, 3.05) is 4.90 Å². The van der Waals surface area contributed by atoms with Gasteiger partial charge in [0.15, 0.2) is 0 Å². The average Bonchev–Trinajstić information content (AvgIpc) is 2.17. The smallest absolute Gasteiger partial charge is 0.327 e. The molecule has 1 aromatic heterocycles.